The monoisotopic (exact) mass is 142 g/mol. The molecule has 0 aliphatic carbocycles. The zero-order chi connectivity index (χ0) is 8.10. The number of rotatable bonds is 1. The van der Waals surface area contributed by atoms with Crippen molar-refractivity contribution in [2.45, 2.75) is 6.92 Å². The van der Waals surface area contributed by atoms with Crippen LogP contribution in [-0.2, 0) is 0 Å². The molecule has 0 bridgehead atoms. The molecule has 0 aliphatic rings. The molecule has 0 nitrogen and oxygen atoms in total. The fourth-order valence-electron chi connectivity index (χ4n) is 0.883. The van der Waals surface area contributed by atoms with Crippen molar-refractivity contribution in [1.82, 2.24) is 0 Å². The van der Waals surface area contributed by atoms with Crippen LogP contribution in [0.3, 0.4) is 0 Å². The van der Waals surface area contributed by atoms with Crippen LogP contribution in [0.2, 0.25) is 0 Å². The van der Waals surface area contributed by atoms with Crippen LogP contribution in [0.1, 0.15) is 18.1 Å². The maximum Gasteiger partial charge on any atom is 0.0243 e. The summed E-state index contributed by atoms with van der Waals surface area (Å²) in [5, 5.41) is 0. The first-order chi connectivity index (χ1) is 5.36. The van der Waals surface area contributed by atoms with Crippen molar-refractivity contribution in [1.29, 1.82) is 0 Å². The third-order valence-electron chi connectivity index (χ3n) is 1.44. The summed E-state index contributed by atoms with van der Waals surface area (Å²) in [5.74, 6) is 2.57. The van der Waals surface area contributed by atoms with Crippen LogP contribution in [0.4, 0.5) is 0 Å². The molecule has 0 heteroatoms. The van der Waals surface area contributed by atoms with Crippen molar-refractivity contribution >= 4 is 6.08 Å². The Hall–Kier alpha value is -1.48. The molecule has 0 radical (unpaired) electrons. The normalized spacial score (nSPS) is 9.82. The third kappa shape index (κ3) is 1.98. The van der Waals surface area contributed by atoms with E-state index in [-0.39, 0.29) is 0 Å². The maximum atomic E-state index is 5.21. The van der Waals surface area contributed by atoms with E-state index >= 15 is 0 Å². The fourth-order valence-corrected chi connectivity index (χ4v) is 0.883. The molecule has 0 saturated heterocycles. The van der Waals surface area contributed by atoms with Gasteiger partial charge in [0.1, 0.15) is 0 Å². The minimum Gasteiger partial charge on any atom is -0.115 e. The van der Waals surface area contributed by atoms with E-state index in [9.17, 15) is 0 Å². The first kappa shape index (κ1) is 7.63. The minimum absolute atomic E-state index is 0.929. The summed E-state index contributed by atoms with van der Waals surface area (Å²) in [6.07, 6.45) is 9.25. The van der Waals surface area contributed by atoms with E-state index in [0.29, 0.717) is 0 Å². The van der Waals surface area contributed by atoms with E-state index in [4.69, 9.17) is 6.42 Å². The minimum atomic E-state index is 0.929. The van der Waals surface area contributed by atoms with Gasteiger partial charge in [0.05, 0.1) is 0 Å². The van der Waals surface area contributed by atoms with Gasteiger partial charge in [0.15, 0.2) is 0 Å². The predicted octanol–water partition coefficient (Wildman–Crippen LogP) is 2.70. The number of terminal acetylenes is 1. The van der Waals surface area contributed by atoms with Crippen LogP contribution in [0.25, 0.3) is 6.08 Å². The Labute approximate surface area is 67.6 Å². The van der Waals surface area contributed by atoms with Gasteiger partial charge in [-0.1, -0.05) is 30.2 Å². The van der Waals surface area contributed by atoms with E-state index in [1.807, 2.05) is 43.3 Å². The zero-order valence-electron chi connectivity index (χ0n) is 6.54. The Morgan fingerprint density at radius 2 is 1.91 bits per heavy atom. The standard InChI is InChI=1S/C11H10/c1-3-5-11-8-6-10(4-2)7-9-11/h2-3,5-9H,1H3/b5-3+. The topological polar surface area (TPSA) is 0 Å². The lowest BCUT2D eigenvalue weighted by Crippen LogP contribution is -1.73. The maximum absolute atomic E-state index is 5.21. The van der Waals surface area contributed by atoms with Crippen molar-refractivity contribution in [3.05, 3.63) is 41.5 Å². The molecular formula is C11H10. The van der Waals surface area contributed by atoms with Gasteiger partial charge in [-0.3, -0.25) is 0 Å². The van der Waals surface area contributed by atoms with E-state index < -0.39 is 0 Å². The molecule has 0 amide bonds. The van der Waals surface area contributed by atoms with Crippen LogP contribution in [0, 0.1) is 12.3 Å². The highest BCUT2D eigenvalue weighted by atomic mass is 13.9. The third-order valence-corrected chi connectivity index (χ3v) is 1.44. The highest BCUT2D eigenvalue weighted by Crippen LogP contribution is 2.04. The second-order valence-corrected chi connectivity index (χ2v) is 2.27. The van der Waals surface area contributed by atoms with Crippen LogP contribution >= 0.6 is 0 Å². The number of hydrogen-bond acceptors (Lipinski definition) is 0. The molecule has 0 spiro atoms. The summed E-state index contributed by atoms with van der Waals surface area (Å²) in [6, 6.07) is 7.90. The van der Waals surface area contributed by atoms with Crippen molar-refractivity contribution in [3.8, 4) is 12.3 Å². The molecule has 0 unspecified atom stereocenters. The lowest BCUT2D eigenvalue weighted by Gasteiger charge is -1.92. The fraction of sp³-hybridized carbons (Fsp3) is 0.0909. The van der Waals surface area contributed by atoms with Crippen molar-refractivity contribution in [2.24, 2.45) is 0 Å². The van der Waals surface area contributed by atoms with Crippen LogP contribution in [-0.4, -0.2) is 0 Å². The Morgan fingerprint density at radius 1 is 1.27 bits per heavy atom. The van der Waals surface area contributed by atoms with Gasteiger partial charge >= 0.3 is 0 Å². The first-order valence-corrected chi connectivity index (χ1v) is 3.56. The average Bonchev–Trinajstić information content (AvgIpc) is 2.07. The SMILES string of the molecule is C#Cc1ccc(/C=C/C)cc1. The Kier molecular flexibility index (Phi) is 2.52. The molecule has 11 heavy (non-hydrogen) atoms. The molecule has 0 atom stereocenters. The lowest BCUT2D eigenvalue weighted by atomic mass is 10.1. The van der Waals surface area contributed by atoms with Crippen molar-refractivity contribution < 1.29 is 0 Å². The average molecular weight is 142 g/mol. The van der Waals surface area contributed by atoms with Gasteiger partial charge in [-0.25, -0.2) is 0 Å². The molecule has 0 aromatic heterocycles. The van der Waals surface area contributed by atoms with Crippen molar-refractivity contribution in [2.75, 3.05) is 0 Å². The van der Waals surface area contributed by atoms with Gasteiger partial charge in [0.2, 0.25) is 0 Å². The predicted molar refractivity (Wildman–Crippen MR) is 49.1 cm³/mol. The summed E-state index contributed by atoms with van der Waals surface area (Å²) in [5.41, 5.74) is 2.12. The molecule has 0 fully saturated rings. The molecule has 0 aliphatic heterocycles. The van der Waals surface area contributed by atoms with Gasteiger partial charge in [-0.15, -0.1) is 6.42 Å². The number of hydrogen-bond donors (Lipinski definition) is 0. The smallest absolute Gasteiger partial charge is 0.0243 e. The van der Waals surface area contributed by atoms with E-state index in [1.165, 1.54) is 5.56 Å². The number of benzene rings is 1. The van der Waals surface area contributed by atoms with Crippen LogP contribution in [0.5, 0.6) is 0 Å². The summed E-state index contributed by atoms with van der Waals surface area (Å²) in [4.78, 5) is 0. The Morgan fingerprint density at radius 3 is 2.36 bits per heavy atom. The molecule has 54 valence electrons. The molecule has 1 aromatic carbocycles. The summed E-state index contributed by atoms with van der Waals surface area (Å²) in [7, 11) is 0. The molecule has 1 rings (SSSR count). The van der Waals surface area contributed by atoms with Gasteiger partial charge < -0.3 is 0 Å². The van der Waals surface area contributed by atoms with E-state index in [2.05, 4.69) is 5.92 Å². The van der Waals surface area contributed by atoms with Gasteiger partial charge in [0, 0.05) is 5.56 Å². The summed E-state index contributed by atoms with van der Waals surface area (Å²) in [6.45, 7) is 2.00. The van der Waals surface area contributed by atoms with Crippen molar-refractivity contribution in [3.63, 3.8) is 0 Å². The second kappa shape index (κ2) is 3.63. The summed E-state index contributed by atoms with van der Waals surface area (Å²) >= 11 is 0. The summed E-state index contributed by atoms with van der Waals surface area (Å²) < 4.78 is 0. The molecule has 0 heterocycles. The second-order valence-electron chi connectivity index (χ2n) is 2.27. The van der Waals surface area contributed by atoms with Gasteiger partial charge in [-0.2, -0.15) is 0 Å². The Balaban J connectivity index is 2.94. The quantitative estimate of drug-likeness (QED) is 0.529. The zero-order valence-corrected chi connectivity index (χ0v) is 6.54. The Bertz CT molecular complexity index is 283. The molecule has 0 saturated carbocycles. The van der Waals surface area contributed by atoms with Crippen LogP contribution < -0.4 is 0 Å². The molecule has 1 aromatic rings. The first-order valence-electron chi connectivity index (χ1n) is 3.56. The largest absolute Gasteiger partial charge is 0.115 e. The van der Waals surface area contributed by atoms with Gasteiger partial charge in [0.25, 0.3) is 0 Å². The number of allylic oxidation sites excluding steroid dienone is 1. The highest BCUT2D eigenvalue weighted by Gasteiger charge is 1.85. The van der Waals surface area contributed by atoms with Gasteiger partial charge in [-0.05, 0) is 24.6 Å². The van der Waals surface area contributed by atoms with Crippen LogP contribution in [0.15, 0.2) is 30.3 Å². The van der Waals surface area contributed by atoms with E-state index in [1.54, 1.807) is 0 Å². The highest BCUT2D eigenvalue weighted by molar-refractivity contribution is 5.50. The molecule has 0 N–H and O–H groups in total. The lowest BCUT2D eigenvalue weighted by molar-refractivity contribution is 1.60. The molecular weight excluding hydrogens is 132 g/mol. The van der Waals surface area contributed by atoms with E-state index in [0.717, 1.165) is 5.56 Å².